The summed E-state index contributed by atoms with van der Waals surface area (Å²) in [4.78, 5) is 0. The highest BCUT2D eigenvalue weighted by Gasteiger charge is 2.22. The van der Waals surface area contributed by atoms with Crippen LogP contribution in [0.1, 0.15) is 22.7 Å². The van der Waals surface area contributed by atoms with Gasteiger partial charge in [0.25, 0.3) is 0 Å². The predicted molar refractivity (Wildman–Crippen MR) is 80.8 cm³/mol. The van der Waals surface area contributed by atoms with Crippen LogP contribution >= 0.6 is 11.6 Å². The van der Waals surface area contributed by atoms with Crippen molar-refractivity contribution in [3.63, 3.8) is 0 Å². The number of halogens is 2. The third-order valence-corrected chi connectivity index (χ3v) is 4.07. The summed E-state index contributed by atoms with van der Waals surface area (Å²) in [6, 6.07) is 10.7. The first-order valence-corrected chi connectivity index (χ1v) is 7.22. The van der Waals surface area contributed by atoms with Gasteiger partial charge in [0, 0.05) is 12.0 Å². The number of hydrogen-bond donors (Lipinski definition) is 2. The molecule has 0 spiro atoms. The summed E-state index contributed by atoms with van der Waals surface area (Å²) >= 11 is 5.83. The van der Waals surface area contributed by atoms with Crippen LogP contribution in [0.3, 0.4) is 0 Å². The highest BCUT2D eigenvalue weighted by Crippen LogP contribution is 2.35. The van der Waals surface area contributed by atoms with Crippen molar-refractivity contribution >= 4 is 11.6 Å². The van der Waals surface area contributed by atoms with Crippen LogP contribution < -0.4 is 16.0 Å². The second-order valence-corrected chi connectivity index (χ2v) is 5.48. The SMILES string of the molecule is NNC(Cc1cccc(Cl)c1F)c1cccc2c1OCC2. The van der Waals surface area contributed by atoms with Crippen LogP contribution in [0.15, 0.2) is 36.4 Å². The van der Waals surface area contributed by atoms with Gasteiger partial charge in [-0.1, -0.05) is 41.9 Å². The van der Waals surface area contributed by atoms with Crippen molar-refractivity contribution in [2.45, 2.75) is 18.9 Å². The van der Waals surface area contributed by atoms with Crippen molar-refractivity contribution in [2.75, 3.05) is 6.61 Å². The number of hydrogen-bond acceptors (Lipinski definition) is 3. The monoisotopic (exact) mass is 306 g/mol. The zero-order chi connectivity index (χ0) is 14.8. The van der Waals surface area contributed by atoms with Crippen LogP contribution in [0.25, 0.3) is 0 Å². The molecular formula is C16H16ClFN2O. The largest absolute Gasteiger partial charge is 0.493 e. The molecule has 0 aliphatic carbocycles. The van der Waals surface area contributed by atoms with E-state index in [1.165, 1.54) is 11.6 Å². The molecule has 5 heteroatoms. The number of ether oxygens (including phenoxy) is 1. The van der Waals surface area contributed by atoms with Crippen LogP contribution in [-0.2, 0) is 12.8 Å². The van der Waals surface area contributed by atoms with Crippen molar-refractivity contribution in [3.8, 4) is 5.75 Å². The van der Waals surface area contributed by atoms with Gasteiger partial charge in [-0.15, -0.1) is 0 Å². The summed E-state index contributed by atoms with van der Waals surface area (Å²) in [5, 5.41) is 0.123. The molecule has 21 heavy (non-hydrogen) atoms. The Balaban J connectivity index is 1.93. The lowest BCUT2D eigenvalue weighted by atomic mass is 9.96. The normalized spacial score (nSPS) is 14.6. The Kier molecular flexibility index (Phi) is 4.10. The first kappa shape index (κ1) is 14.3. The molecule has 3 nitrogen and oxygen atoms in total. The summed E-state index contributed by atoms with van der Waals surface area (Å²) in [5.74, 6) is 6.14. The van der Waals surface area contributed by atoms with Gasteiger partial charge in [0.2, 0.25) is 0 Å². The Morgan fingerprint density at radius 3 is 2.90 bits per heavy atom. The van der Waals surface area contributed by atoms with Crippen molar-refractivity contribution in [1.29, 1.82) is 0 Å². The molecule has 0 saturated carbocycles. The highest BCUT2D eigenvalue weighted by molar-refractivity contribution is 6.30. The molecule has 2 aromatic rings. The van der Waals surface area contributed by atoms with E-state index in [9.17, 15) is 4.39 Å². The van der Waals surface area contributed by atoms with Gasteiger partial charge in [0.1, 0.15) is 11.6 Å². The Morgan fingerprint density at radius 1 is 1.29 bits per heavy atom. The maximum absolute atomic E-state index is 14.1. The van der Waals surface area contributed by atoms with E-state index in [0.29, 0.717) is 18.6 Å². The molecule has 0 aromatic heterocycles. The molecule has 3 rings (SSSR count). The van der Waals surface area contributed by atoms with E-state index < -0.39 is 5.82 Å². The fraction of sp³-hybridized carbons (Fsp3) is 0.250. The minimum Gasteiger partial charge on any atom is -0.493 e. The number of nitrogens with one attached hydrogen (secondary N) is 1. The Labute approximate surface area is 127 Å². The Morgan fingerprint density at radius 2 is 2.10 bits per heavy atom. The quantitative estimate of drug-likeness (QED) is 0.674. The number of hydrazine groups is 1. The van der Waals surface area contributed by atoms with Crippen molar-refractivity contribution in [1.82, 2.24) is 5.43 Å². The molecule has 1 atom stereocenters. The van der Waals surface area contributed by atoms with E-state index in [1.54, 1.807) is 12.1 Å². The average Bonchev–Trinajstić information content (AvgIpc) is 2.97. The fourth-order valence-electron chi connectivity index (χ4n) is 2.70. The van der Waals surface area contributed by atoms with E-state index in [2.05, 4.69) is 5.43 Å². The van der Waals surface area contributed by atoms with Crippen LogP contribution in [-0.4, -0.2) is 6.61 Å². The molecule has 0 bridgehead atoms. The molecule has 110 valence electrons. The molecule has 0 fully saturated rings. The van der Waals surface area contributed by atoms with Gasteiger partial charge >= 0.3 is 0 Å². The van der Waals surface area contributed by atoms with Crippen molar-refractivity contribution < 1.29 is 9.13 Å². The van der Waals surface area contributed by atoms with Gasteiger partial charge in [-0.05, 0) is 23.6 Å². The lowest BCUT2D eigenvalue weighted by molar-refractivity contribution is 0.348. The maximum Gasteiger partial charge on any atom is 0.145 e. The van der Waals surface area contributed by atoms with Crippen molar-refractivity contribution in [3.05, 3.63) is 63.9 Å². The van der Waals surface area contributed by atoms with Gasteiger partial charge in [-0.3, -0.25) is 11.3 Å². The van der Waals surface area contributed by atoms with Crippen LogP contribution in [0, 0.1) is 5.82 Å². The molecule has 0 radical (unpaired) electrons. The molecule has 1 unspecified atom stereocenters. The molecular weight excluding hydrogens is 291 g/mol. The molecule has 0 saturated heterocycles. The van der Waals surface area contributed by atoms with E-state index in [-0.39, 0.29) is 11.1 Å². The number of benzene rings is 2. The molecule has 0 amide bonds. The van der Waals surface area contributed by atoms with E-state index >= 15 is 0 Å². The summed E-state index contributed by atoms with van der Waals surface area (Å²) < 4.78 is 19.7. The lowest BCUT2D eigenvalue weighted by Gasteiger charge is -2.19. The fourth-order valence-corrected chi connectivity index (χ4v) is 2.89. The van der Waals surface area contributed by atoms with Crippen LogP contribution in [0.4, 0.5) is 4.39 Å². The van der Waals surface area contributed by atoms with E-state index in [0.717, 1.165) is 17.7 Å². The second kappa shape index (κ2) is 6.02. The standard InChI is InChI=1S/C16H16ClFN2O/c17-13-6-2-4-11(15(13)18)9-14(20-19)12-5-1-3-10-7-8-21-16(10)12/h1-6,14,20H,7-9,19H2. The van der Waals surface area contributed by atoms with E-state index in [4.69, 9.17) is 22.2 Å². The Hall–Kier alpha value is -1.62. The number of para-hydroxylation sites is 1. The topological polar surface area (TPSA) is 47.3 Å². The van der Waals surface area contributed by atoms with Gasteiger partial charge in [-0.2, -0.15) is 0 Å². The molecule has 1 aliphatic heterocycles. The minimum atomic E-state index is -0.395. The van der Waals surface area contributed by atoms with Gasteiger partial charge in [-0.25, -0.2) is 4.39 Å². The zero-order valence-electron chi connectivity index (χ0n) is 11.4. The first-order chi connectivity index (χ1) is 10.2. The molecule has 1 aliphatic rings. The smallest absolute Gasteiger partial charge is 0.145 e. The summed E-state index contributed by atoms with van der Waals surface area (Å²) in [5.41, 5.74) is 5.40. The maximum atomic E-state index is 14.1. The van der Waals surface area contributed by atoms with Gasteiger partial charge in [0.05, 0.1) is 17.7 Å². The number of fused-ring (bicyclic) bond motifs is 1. The zero-order valence-corrected chi connectivity index (χ0v) is 12.2. The number of nitrogens with two attached hydrogens (primary N) is 1. The van der Waals surface area contributed by atoms with Gasteiger partial charge in [0.15, 0.2) is 0 Å². The predicted octanol–water partition coefficient (Wildman–Crippen LogP) is 3.16. The Bertz CT molecular complexity index is 663. The summed E-state index contributed by atoms with van der Waals surface area (Å²) in [7, 11) is 0. The first-order valence-electron chi connectivity index (χ1n) is 6.84. The molecule has 3 N–H and O–H groups in total. The summed E-state index contributed by atoms with van der Waals surface area (Å²) in [6.45, 7) is 0.676. The molecule has 1 heterocycles. The van der Waals surface area contributed by atoms with Crippen LogP contribution in [0.2, 0.25) is 5.02 Å². The average molecular weight is 307 g/mol. The van der Waals surface area contributed by atoms with Crippen molar-refractivity contribution in [2.24, 2.45) is 5.84 Å². The minimum absolute atomic E-state index is 0.123. The summed E-state index contributed by atoms with van der Waals surface area (Å²) in [6.07, 6.45) is 1.30. The van der Waals surface area contributed by atoms with Gasteiger partial charge < -0.3 is 4.74 Å². The third-order valence-electron chi connectivity index (χ3n) is 3.78. The third kappa shape index (κ3) is 2.75. The highest BCUT2D eigenvalue weighted by atomic mass is 35.5. The molecule has 2 aromatic carbocycles. The van der Waals surface area contributed by atoms with Crippen LogP contribution in [0.5, 0.6) is 5.75 Å². The van der Waals surface area contributed by atoms with E-state index in [1.807, 2.05) is 18.2 Å². The number of rotatable bonds is 4. The second-order valence-electron chi connectivity index (χ2n) is 5.07. The lowest BCUT2D eigenvalue weighted by Crippen LogP contribution is -2.30.